The fourth-order valence-electron chi connectivity index (χ4n) is 1.98. The van der Waals surface area contributed by atoms with Crippen molar-refractivity contribution in [3.8, 4) is 0 Å². The monoisotopic (exact) mass is 267 g/mol. The van der Waals surface area contributed by atoms with Gasteiger partial charge in [-0.05, 0) is 64.8 Å². The van der Waals surface area contributed by atoms with Gasteiger partial charge in [-0.3, -0.25) is 0 Å². The van der Waals surface area contributed by atoms with Gasteiger partial charge >= 0.3 is 0 Å². The highest BCUT2D eigenvalue weighted by Crippen LogP contribution is 2.13. The molecule has 19 heavy (non-hydrogen) atoms. The third-order valence-electron chi connectivity index (χ3n) is 3.09. The van der Waals surface area contributed by atoms with E-state index in [0.29, 0.717) is 0 Å². The van der Waals surface area contributed by atoms with Gasteiger partial charge in [-0.25, -0.2) is 4.39 Å². The number of rotatable bonds is 9. The van der Waals surface area contributed by atoms with Crippen LogP contribution in [-0.4, -0.2) is 51.7 Å². The number of hydrogen-bond donors (Lipinski definition) is 1. The summed E-state index contributed by atoms with van der Waals surface area (Å²) in [5.74, 6) is -0.179. The van der Waals surface area contributed by atoms with Crippen LogP contribution in [0.1, 0.15) is 13.3 Å². The van der Waals surface area contributed by atoms with Gasteiger partial charge in [0, 0.05) is 25.3 Å². The van der Waals surface area contributed by atoms with Crippen molar-refractivity contribution in [2.45, 2.75) is 13.3 Å². The number of likely N-dealkylation sites (N-methyl/N-ethyl adjacent to an activating group) is 1. The van der Waals surface area contributed by atoms with Crippen LogP contribution in [0.25, 0.3) is 0 Å². The number of benzene rings is 1. The van der Waals surface area contributed by atoms with Gasteiger partial charge in [0.05, 0.1) is 0 Å². The third kappa shape index (κ3) is 6.55. The lowest BCUT2D eigenvalue weighted by Crippen LogP contribution is -2.33. The molecule has 4 heteroatoms. The van der Waals surface area contributed by atoms with Gasteiger partial charge in [0.1, 0.15) is 5.82 Å². The Hall–Kier alpha value is -1.13. The lowest BCUT2D eigenvalue weighted by Gasteiger charge is -2.23. The Morgan fingerprint density at radius 3 is 2.32 bits per heavy atom. The first-order valence-electron chi connectivity index (χ1n) is 6.99. The lowest BCUT2D eigenvalue weighted by atomic mass is 10.2. The first-order valence-corrected chi connectivity index (χ1v) is 6.99. The van der Waals surface area contributed by atoms with Crippen LogP contribution in [0.2, 0.25) is 0 Å². The molecule has 1 rings (SSSR count). The highest BCUT2D eigenvalue weighted by molar-refractivity contribution is 5.46. The van der Waals surface area contributed by atoms with Crippen molar-refractivity contribution in [1.82, 2.24) is 10.2 Å². The van der Waals surface area contributed by atoms with Crippen LogP contribution in [0.15, 0.2) is 24.3 Å². The molecule has 0 aliphatic carbocycles. The molecule has 108 valence electrons. The second-order valence-corrected chi connectivity index (χ2v) is 4.96. The summed E-state index contributed by atoms with van der Waals surface area (Å²) in [5, 5.41) is 3.44. The van der Waals surface area contributed by atoms with Gasteiger partial charge in [0.15, 0.2) is 0 Å². The molecule has 0 fully saturated rings. The van der Waals surface area contributed by atoms with E-state index in [9.17, 15) is 4.39 Å². The van der Waals surface area contributed by atoms with Crippen molar-refractivity contribution in [3.05, 3.63) is 30.1 Å². The normalized spacial score (nSPS) is 11.0. The van der Waals surface area contributed by atoms with Gasteiger partial charge in [0.25, 0.3) is 0 Å². The third-order valence-corrected chi connectivity index (χ3v) is 3.09. The van der Waals surface area contributed by atoms with E-state index in [4.69, 9.17) is 0 Å². The maximum atomic E-state index is 12.9. The Kier molecular flexibility index (Phi) is 7.45. The van der Waals surface area contributed by atoms with Crippen molar-refractivity contribution >= 4 is 5.69 Å². The fraction of sp³-hybridized carbons (Fsp3) is 0.600. The highest BCUT2D eigenvalue weighted by Gasteiger charge is 2.03. The summed E-state index contributed by atoms with van der Waals surface area (Å²) in [6.07, 6.45) is 1.16. The number of anilines is 1. The summed E-state index contributed by atoms with van der Waals surface area (Å²) in [6, 6.07) is 6.71. The zero-order valence-corrected chi connectivity index (χ0v) is 12.3. The largest absolute Gasteiger partial charge is 0.371 e. The van der Waals surface area contributed by atoms with Crippen molar-refractivity contribution in [1.29, 1.82) is 0 Å². The van der Waals surface area contributed by atoms with E-state index in [1.807, 2.05) is 12.1 Å². The van der Waals surface area contributed by atoms with Crippen LogP contribution < -0.4 is 10.2 Å². The minimum atomic E-state index is -0.179. The molecule has 0 atom stereocenters. The molecule has 0 saturated carbocycles. The second kappa shape index (κ2) is 8.88. The predicted molar refractivity (Wildman–Crippen MR) is 80.3 cm³/mol. The molecule has 0 unspecified atom stereocenters. The first kappa shape index (κ1) is 15.9. The second-order valence-electron chi connectivity index (χ2n) is 4.96. The van der Waals surface area contributed by atoms with E-state index in [1.54, 1.807) is 0 Å². The van der Waals surface area contributed by atoms with Crippen molar-refractivity contribution in [3.63, 3.8) is 0 Å². The standard InChI is InChI=1S/C15H26FN3/c1-4-19(15-8-6-14(16)7-9-15)13-11-17-10-5-12-18(2)3/h6-9,17H,4-5,10-13H2,1-3H3. The Labute approximate surface area is 116 Å². The Morgan fingerprint density at radius 1 is 1.05 bits per heavy atom. The van der Waals surface area contributed by atoms with Crippen molar-refractivity contribution in [2.75, 3.05) is 51.7 Å². The maximum Gasteiger partial charge on any atom is 0.123 e. The number of hydrogen-bond acceptors (Lipinski definition) is 3. The average molecular weight is 267 g/mol. The molecule has 0 radical (unpaired) electrons. The van der Waals surface area contributed by atoms with Crippen LogP contribution >= 0.6 is 0 Å². The summed E-state index contributed by atoms with van der Waals surface area (Å²) in [5.41, 5.74) is 1.08. The molecule has 1 N–H and O–H groups in total. The Morgan fingerprint density at radius 2 is 1.74 bits per heavy atom. The quantitative estimate of drug-likeness (QED) is 0.692. The molecule has 0 heterocycles. The van der Waals surface area contributed by atoms with Gasteiger partial charge in [-0.1, -0.05) is 0 Å². The molecule has 0 aliphatic heterocycles. The summed E-state index contributed by atoms with van der Waals surface area (Å²) in [6.45, 7) is 7.12. The molecule has 0 amide bonds. The summed E-state index contributed by atoms with van der Waals surface area (Å²) in [4.78, 5) is 4.44. The fourth-order valence-corrected chi connectivity index (χ4v) is 1.98. The first-order chi connectivity index (χ1) is 9.13. The minimum absolute atomic E-state index is 0.179. The van der Waals surface area contributed by atoms with Crippen molar-refractivity contribution < 1.29 is 4.39 Å². The van der Waals surface area contributed by atoms with Crippen LogP contribution in [0, 0.1) is 5.82 Å². The van der Waals surface area contributed by atoms with Crippen LogP contribution in [0.5, 0.6) is 0 Å². The smallest absolute Gasteiger partial charge is 0.123 e. The Balaban J connectivity index is 2.24. The van der Waals surface area contributed by atoms with Crippen molar-refractivity contribution in [2.24, 2.45) is 0 Å². The summed E-state index contributed by atoms with van der Waals surface area (Å²) < 4.78 is 12.9. The molecule has 0 spiro atoms. The Bertz CT molecular complexity index is 338. The van der Waals surface area contributed by atoms with E-state index >= 15 is 0 Å². The van der Waals surface area contributed by atoms with E-state index in [-0.39, 0.29) is 5.82 Å². The van der Waals surface area contributed by atoms with Gasteiger partial charge in [-0.15, -0.1) is 0 Å². The number of halogens is 1. The molecule has 0 saturated heterocycles. The average Bonchev–Trinajstić information content (AvgIpc) is 2.39. The lowest BCUT2D eigenvalue weighted by molar-refractivity contribution is 0.395. The molecule has 1 aromatic carbocycles. The SMILES string of the molecule is CCN(CCNCCCN(C)C)c1ccc(F)cc1. The van der Waals surface area contributed by atoms with E-state index in [0.717, 1.165) is 44.8 Å². The van der Waals surface area contributed by atoms with Crippen LogP contribution in [-0.2, 0) is 0 Å². The molecule has 0 bridgehead atoms. The van der Waals surface area contributed by atoms with Gasteiger partial charge < -0.3 is 15.1 Å². The van der Waals surface area contributed by atoms with Crippen LogP contribution in [0.3, 0.4) is 0 Å². The zero-order valence-electron chi connectivity index (χ0n) is 12.3. The zero-order chi connectivity index (χ0) is 14.1. The maximum absolute atomic E-state index is 12.9. The van der Waals surface area contributed by atoms with Gasteiger partial charge in [-0.2, -0.15) is 0 Å². The van der Waals surface area contributed by atoms with Gasteiger partial charge in [0.2, 0.25) is 0 Å². The molecule has 1 aromatic rings. The molecule has 0 aromatic heterocycles. The highest BCUT2D eigenvalue weighted by atomic mass is 19.1. The van der Waals surface area contributed by atoms with Crippen LogP contribution in [0.4, 0.5) is 10.1 Å². The summed E-state index contributed by atoms with van der Waals surface area (Å²) in [7, 11) is 4.18. The number of nitrogens with zero attached hydrogens (tertiary/aromatic N) is 2. The summed E-state index contributed by atoms with van der Waals surface area (Å²) >= 11 is 0. The molecular weight excluding hydrogens is 241 g/mol. The molecule has 0 aliphatic rings. The molecular formula is C15H26FN3. The number of nitrogens with one attached hydrogen (secondary N) is 1. The van der Waals surface area contributed by atoms with E-state index in [2.05, 4.69) is 36.1 Å². The van der Waals surface area contributed by atoms with E-state index < -0.39 is 0 Å². The topological polar surface area (TPSA) is 18.5 Å². The predicted octanol–water partition coefficient (Wildman–Crippen LogP) is 2.19. The minimum Gasteiger partial charge on any atom is -0.371 e. The van der Waals surface area contributed by atoms with E-state index in [1.165, 1.54) is 12.1 Å². The molecule has 3 nitrogen and oxygen atoms in total.